The van der Waals surface area contributed by atoms with Gasteiger partial charge in [0.1, 0.15) is 17.3 Å². The van der Waals surface area contributed by atoms with Crippen LogP contribution >= 0.6 is 0 Å². The number of aromatic amines is 1. The Morgan fingerprint density at radius 1 is 1.06 bits per heavy atom. The molecule has 1 aromatic heterocycles. The standard InChI is InChI=1S/C23H23F3N4O5/c1-34-12-11-30-19(18(21(32)29-22(30)33)27-13-15-5-3-2-4-6-15)28-20(31)16-7-9-17(10-8-16)35-14-23(24,25)26/h2-10,27H,11-14H2,1H3,(H,28,31)(H,29,32,33). The number of carbonyl (C=O) groups is 1. The summed E-state index contributed by atoms with van der Waals surface area (Å²) in [7, 11) is 1.44. The van der Waals surface area contributed by atoms with Crippen LogP contribution in [0.4, 0.5) is 24.7 Å². The lowest BCUT2D eigenvalue weighted by molar-refractivity contribution is -0.153. The molecule has 3 rings (SSSR count). The molecule has 0 spiro atoms. The Morgan fingerprint density at radius 2 is 1.74 bits per heavy atom. The number of halogens is 3. The van der Waals surface area contributed by atoms with E-state index in [1.165, 1.54) is 31.4 Å². The lowest BCUT2D eigenvalue weighted by Gasteiger charge is -2.18. The first-order chi connectivity index (χ1) is 16.7. The summed E-state index contributed by atoms with van der Waals surface area (Å²) in [5.74, 6) is -0.835. The van der Waals surface area contributed by atoms with Crippen LogP contribution in [0, 0.1) is 0 Å². The van der Waals surface area contributed by atoms with E-state index in [-0.39, 0.29) is 42.5 Å². The van der Waals surface area contributed by atoms with E-state index in [4.69, 9.17) is 4.74 Å². The lowest BCUT2D eigenvalue weighted by Crippen LogP contribution is -2.36. The SMILES string of the molecule is COCCn1c(NC(=O)c2ccc(OCC(F)(F)F)cc2)c(NCc2ccccc2)c(=O)[nH]c1=O. The number of aromatic nitrogens is 2. The Balaban J connectivity index is 1.88. The number of ether oxygens (including phenoxy) is 2. The summed E-state index contributed by atoms with van der Waals surface area (Å²) >= 11 is 0. The molecule has 35 heavy (non-hydrogen) atoms. The first-order valence-corrected chi connectivity index (χ1v) is 10.4. The molecule has 0 aliphatic heterocycles. The first-order valence-electron chi connectivity index (χ1n) is 10.4. The van der Waals surface area contributed by atoms with E-state index in [0.717, 1.165) is 10.1 Å². The van der Waals surface area contributed by atoms with Gasteiger partial charge in [-0.2, -0.15) is 13.2 Å². The first kappa shape index (κ1) is 25.6. The van der Waals surface area contributed by atoms with E-state index < -0.39 is 29.9 Å². The van der Waals surface area contributed by atoms with Crippen molar-refractivity contribution >= 4 is 17.4 Å². The Kier molecular flexibility index (Phi) is 8.31. The van der Waals surface area contributed by atoms with Crippen molar-refractivity contribution in [1.82, 2.24) is 9.55 Å². The Bertz CT molecular complexity index is 1260. The average molecular weight is 492 g/mol. The number of methoxy groups -OCH3 is 1. The van der Waals surface area contributed by atoms with E-state index in [9.17, 15) is 27.6 Å². The molecule has 0 fully saturated rings. The molecular formula is C23H23F3N4O5. The number of alkyl halides is 3. The van der Waals surface area contributed by atoms with E-state index >= 15 is 0 Å². The number of nitrogens with zero attached hydrogens (tertiary/aromatic N) is 1. The average Bonchev–Trinajstić information content (AvgIpc) is 2.82. The van der Waals surface area contributed by atoms with E-state index in [1.807, 2.05) is 30.3 Å². The molecule has 9 nitrogen and oxygen atoms in total. The number of anilines is 2. The molecule has 0 aliphatic carbocycles. The molecule has 0 radical (unpaired) electrons. The Labute approximate surface area is 197 Å². The molecule has 3 N–H and O–H groups in total. The highest BCUT2D eigenvalue weighted by molar-refractivity contribution is 6.05. The minimum Gasteiger partial charge on any atom is -0.484 e. The maximum absolute atomic E-state index is 12.9. The summed E-state index contributed by atoms with van der Waals surface area (Å²) in [6.07, 6.45) is -4.49. The second-order valence-electron chi connectivity index (χ2n) is 7.35. The molecule has 186 valence electrons. The van der Waals surface area contributed by atoms with Gasteiger partial charge in [0.2, 0.25) is 0 Å². The lowest BCUT2D eigenvalue weighted by atomic mass is 10.2. The van der Waals surface area contributed by atoms with Gasteiger partial charge >= 0.3 is 11.9 Å². The van der Waals surface area contributed by atoms with Gasteiger partial charge in [-0.15, -0.1) is 0 Å². The van der Waals surface area contributed by atoms with Gasteiger partial charge in [0.25, 0.3) is 11.5 Å². The molecule has 1 amide bonds. The van der Waals surface area contributed by atoms with Gasteiger partial charge in [0.05, 0.1) is 13.2 Å². The Hall–Kier alpha value is -4.06. The number of carbonyl (C=O) groups excluding carboxylic acids is 1. The van der Waals surface area contributed by atoms with E-state index in [1.54, 1.807) is 0 Å². The molecule has 0 bridgehead atoms. The zero-order valence-corrected chi connectivity index (χ0v) is 18.6. The van der Waals surface area contributed by atoms with Crippen LogP contribution in [0.3, 0.4) is 0 Å². The maximum Gasteiger partial charge on any atom is 0.422 e. The monoisotopic (exact) mass is 492 g/mol. The second kappa shape index (κ2) is 11.4. The van der Waals surface area contributed by atoms with Gasteiger partial charge in [-0.3, -0.25) is 19.1 Å². The molecule has 1 heterocycles. The summed E-state index contributed by atoms with van der Waals surface area (Å²) in [6.45, 7) is -1.07. The summed E-state index contributed by atoms with van der Waals surface area (Å²) < 4.78 is 47.8. The zero-order chi connectivity index (χ0) is 25.4. The number of hydrogen-bond donors (Lipinski definition) is 3. The van der Waals surface area contributed by atoms with Crippen molar-refractivity contribution in [2.45, 2.75) is 19.3 Å². The van der Waals surface area contributed by atoms with Crippen molar-refractivity contribution < 1.29 is 27.4 Å². The van der Waals surface area contributed by atoms with Crippen molar-refractivity contribution in [3.63, 3.8) is 0 Å². The van der Waals surface area contributed by atoms with Gasteiger partial charge in [0.15, 0.2) is 6.61 Å². The fourth-order valence-electron chi connectivity index (χ4n) is 3.09. The number of H-pyrrole nitrogens is 1. The van der Waals surface area contributed by atoms with Gasteiger partial charge in [0, 0.05) is 19.2 Å². The minimum atomic E-state index is -4.49. The van der Waals surface area contributed by atoms with Crippen LogP contribution in [0.5, 0.6) is 5.75 Å². The second-order valence-corrected chi connectivity index (χ2v) is 7.35. The normalized spacial score (nSPS) is 11.2. The van der Waals surface area contributed by atoms with Gasteiger partial charge in [-0.1, -0.05) is 30.3 Å². The maximum atomic E-state index is 12.9. The molecule has 0 saturated carbocycles. The highest BCUT2D eigenvalue weighted by atomic mass is 19.4. The van der Waals surface area contributed by atoms with Crippen LogP contribution in [0.25, 0.3) is 0 Å². The van der Waals surface area contributed by atoms with Crippen LogP contribution in [0.15, 0.2) is 64.2 Å². The third-order valence-corrected chi connectivity index (χ3v) is 4.78. The number of benzene rings is 2. The highest BCUT2D eigenvalue weighted by Crippen LogP contribution is 2.21. The smallest absolute Gasteiger partial charge is 0.422 e. The molecule has 2 aromatic carbocycles. The number of hydrogen-bond acceptors (Lipinski definition) is 6. The van der Waals surface area contributed by atoms with Gasteiger partial charge in [-0.05, 0) is 29.8 Å². The zero-order valence-electron chi connectivity index (χ0n) is 18.6. The summed E-state index contributed by atoms with van der Waals surface area (Å²) in [5.41, 5.74) is -0.588. The number of amides is 1. The largest absolute Gasteiger partial charge is 0.484 e. The molecule has 3 aromatic rings. The quantitative estimate of drug-likeness (QED) is 0.401. The van der Waals surface area contributed by atoms with E-state index in [0.29, 0.717) is 0 Å². The van der Waals surface area contributed by atoms with Crippen molar-refractivity contribution in [3.8, 4) is 5.75 Å². The molecule has 0 saturated heterocycles. The predicted octanol–water partition coefficient (Wildman–Crippen LogP) is 2.99. The third-order valence-electron chi connectivity index (χ3n) is 4.78. The summed E-state index contributed by atoms with van der Waals surface area (Å²) in [6, 6.07) is 14.1. The number of rotatable bonds is 10. The van der Waals surface area contributed by atoms with Crippen molar-refractivity contribution in [3.05, 3.63) is 86.6 Å². The number of nitrogens with one attached hydrogen (secondary N) is 3. The fraction of sp³-hybridized carbons (Fsp3) is 0.261. The van der Waals surface area contributed by atoms with Crippen LogP contribution in [-0.2, 0) is 17.8 Å². The van der Waals surface area contributed by atoms with Crippen molar-refractivity contribution in [1.29, 1.82) is 0 Å². The summed E-state index contributed by atoms with van der Waals surface area (Å²) in [4.78, 5) is 40.2. The molecule has 12 heteroatoms. The molecule has 0 unspecified atom stereocenters. The fourth-order valence-corrected chi connectivity index (χ4v) is 3.09. The molecule has 0 atom stereocenters. The van der Waals surface area contributed by atoms with Crippen molar-refractivity contribution in [2.75, 3.05) is 31.0 Å². The van der Waals surface area contributed by atoms with E-state index in [2.05, 4.69) is 20.4 Å². The van der Waals surface area contributed by atoms with Crippen LogP contribution in [-0.4, -0.2) is 42.0 Å². The molecule has 0 aliphatic rings. The van der Waals surface area contributed by atoms with Crippen LogP contribution in [0.1, 0.15) is 15.9 Å². The summed E-state index contributed by atoms with van der Waals surface area (Å²) in [5, 5.41) is 5.52. The van der Waals surface area contributed by atoms with Crippen LogP contribution < -0.4 is 26.6 Å². The molecular weight excluding hydrogens is 469 g/mol. The Morgan fingerprint density at radius 3 is 2.37 bits per heavy atom. The van der Waals surface area contributed by atoms with Gasteiger partial charge < -0.3 is 20.1 Å². The minimum absolute atomic E-state index is 0.0337. The topological polar surface area (TPSA) is 114 Å². The highest BCUT2D eigenvalue weighted by Gasteiger charge is 2.28. The predicted molar refractivity (Wildman–Crippen MR) is 123 cm³/mol. The third kappa shape index (κ3) is 7.21. The van der Waals surface area contributed by atoms with Crippen LogP contribution in [0.2, 0.25) is 0 Å². The van der Waals surface area contributed by atoms with Gasteiger partial charge in [-0.25, -0.2) is 4.79 Å². The van der Waals surface area contributed by atoms with Crippen molar-refractivity contribution in [2.24, 2.45) is 0 Å².